The molecule has 5 nitrogen and oxygen atoms in total. The molecule has 0 saturated heterocycles. The molecule has 2 heterocycles. The van der Waals surface area contributed by atoms with Crippen LogP contribution in [0.15, 0.2) is 97.1 Å². The van der Waals surface area contributed by atoms with Crippen LogP contribution < -0.4 is 0 Å². The Labute approximate surface area is 222 Å². The molecule has 1 N–H and O–H groups in total. The number of aliphatic hydroxyl groups excluding tert-OH is 1. The number of ether oxygens (including phenoxy) is 2. The van der Waals surface area contributed by atoms with Gasteiger partial charge in [0.2, 0.25) is 0 Å². The van der Waals surface area contributed by atoms with E-state index >= 15 is 0 Å². The van der Waals surface area contributed by atoms with Crippen molar-refractivity contribution in [3.63, 3.8) is 0 Å². The minimum Gasteiger partial charge on any atom is -0.388 e. The summed E-state index contributed by atoms with van der Waals surface area (Å²) in [5.74, 6) is 0. The fourth-order valence-electron chi connectivity index (χ4n) is 5.57. The number of fused-ring (bicyclic) bond motifs is 6. The Hall–Kier alpha value is -3.64. The highest BCUT2D eigenvalue weighted by Crippen LogP contribution is 2.31. The van der Waals surface area contributed by atoms with Gasteiger partial charge in [0, 0.05) is 43.6 Å². The van der Waals surface area contributed by atoms with E-state index in [2.05, 4.69) is 106 Å². The fourth-order valence-corrected chi connectivity index (χ4v) is 5.57. The quantitative estimate of drug-likeness (QED) is 0.223. The van der Waals surface area contributed by atoms with E-state index in [1.54, 1.807) is 0 Å². The van der Waals surface area contributed by atoms with Crippen molar-refractivity contribution in [1.29, 1.82) is 0 Å². The van der Waals surface area contributed by atoms with Crippen LogP contribution in [-0.4, -0.2) is 45.8 Å². The van der Waals surface area contributed by atoms with Crippen molar-refractivity contribution < 1.29 is 14.6 Å². The van der Waals surface area contributed by atoms with Crippen molar-refractivity contribution in [1.82, 2.24) is 9.13 Å². The van der Waals surface area contributed by atoms with E-state index in [4.69, 9.17) is 9.47 Å². The molecule has 4 aromatic carbocycles. The summed E-state index contributed by atoms with van der Waals surface area (Å²) in [6.45, 7) is 5.74. The Balaban J connectivity index is 1.39. The zero-order valence-electron chi connectivity index (χ0n) is 22.0. The van der Waals surface area contributed by atoms with Gasteiger partial charge in [0.1, 0.15) is 6.10 Å². The van der Waals surface area contributed by atoms with Gasteiger partial charge in [-0.15, -0.1) is 0 Å². The summed E-state index contributed by atoms with van der Waals surface area (Å²) in [5.41, 5.74) is 4.75. The van der Waals surface area contributed by atoms with Crippen LogP contribution in [-0.2, 0) is 22.6 Å². The van der Waals surface area contributed by atoms with Crippen molar-refractivity contribution in [2.75, 3.05) is 13.2 Å². The third-order valence-electron chi connectivity index (χ3n) is 7.28. The summed E-state index contributed by atoms with van der Waals surface area (Å²) in [5, 5.41) is 15.6. The van der Waals surface area contributed by atoms with Crippen molar-refractivity contribution in [2.45, 2.75) is 45.2 Å². The summed E-state index contributed by atoms with van der Waals surface area (Å²) in [6, 6.07) is 34.2. The van der Waals surface area contributed by atoms with Gasteiger partial charge >= 0.3 is 0 Å². The highest BCUT2D eigenvalue weighted by Gasteiger charge is 2.20. The molecule has 0 aliphatic rings. The molecule has 0 fully saturated rings. The average Bonchev–Trinajstić information content (AvgIpc) is 3.44. The normalized spacial score (nSPS) is 13.1. The van der Waals surface area contributed by atoms with Gasteiger partial charge in [0.25, 0.3) is 0 Å². The summed E-state index contributed by atoms with van der Waals surface area (Å²) in [7, 11) is 0. The number of aliphatic hydroxyl groups is 1. The summed E-state index contributed by atoms with van der Waals surface area (Å²) in [6.07, 6.45) is -0.797. The monoisotopic (exact) mass is 506 g/mol. The minimum absolute atomic E-state index is 0.0654. The molecule has 0 aliphatic heterocycles. The third-order valence-corrected chi connectivity index (χ3v) is 7.28. The molecule has 0 unspecified atom stereocenters. The summed E-state index contributed by atoms with van der Waals surface area (Å²) in [4.78, 5) is 0. The first kappa shape index (κ1) is 24.7. The summed E-state index contributed by atoms with van der Waals surface area (Å²) < 4.78 is 16.9. The molecule has 0 radical (unpaired) electrons. The Morgan fingerprint density at radius 3 is 1.26 bits per heavy atom. The SMILES string of the molecule is CC(C)OC[C@H](O)COC(Cn1c2ccccc2c2ccccc21)Cn1c2ccccc2c2ccccc21. The number of rotatable bonds is 10. The molecule has 6 aromatic rings. The van der Waals surface area contributed by atoms with Crippen LogP contribution in [0.3, 0.4) is 0 Å². The predicted octanol–water partition coefficient (Wildman–Crippen LogP) is 6.77. The van der Waals surface area contributed by atoms with Gasteiger partial charge in [0.15, 0.2) is 0 Å². The molecular formula is C33H34N2O3. The maximum atomic E-state index is 10.6. The van der Waals surface area contributed by atoms with E-state index in [1.165, 1.54) is 43.6 Å². The Kier molecular flexibility index (Phi) is 6.90. The van der Waals surface area contributed by atoms with Gasteiger partial charge in [-0.05, 0) is 38.1 Å². The number of para-hydroxylation sites is 4. The van der Waals surface area contributed by atoms with Crippen molar-refractivity contribution >= 4 is 43.6 Å². The second kappa shape index (κ2) is 10.6. The standard InChI is InChI=1S/C33H34N2O3/c1-23(2)37-21-24(36)22-38-25(19-34-30-15-7-3-11-26(30)27-12-4-8-16-31(27)34)20-35-32-17-9-5-13-28(32)29-14-6-10-18-33(29)35/h3-18,23-25,36H,19-22H2,1-2H3/t24-/m0/s1. The number of aromatic nitrogens is 2. The molecule has 2 aromatic heterocycles. The first-order chi connectivity index (χ1) is 18.6. The number of hydrogen-bond acceptors (Lipinski definition) is 3. The van der Waals surface area contributed by atoms with Gasteiger partial charge in [-0.1, -0.05) is 72.8 Å². The van der Waals surface area contributed by atoms with Gasteiger partial charge in [-0.3, -0.25) is 0 Å². The third kappa shape index (κ3) is 4.69. The Morgan fingerprint density at radius 2 is 0.895 bits per heavy atom. The van der Waals surface area contributed by atoms with Gasteiger partial charge < -0.3 is 23.7 Å². The highest BCUT2D eigenvalue weighted by atomic mass is 16.5. The first-order valence-electron chi connectivity index (χ1n) is 13.4. The molecule has 194 valence electrons. The molecule has 1 atom stereocenters. The molecule has 5 heteroatoms. The van der Waals surface area contributed by atoms with Crippen LogP contribution in [0.5, 0.6) is 0 Å². The highest BCUT2D eigenvalue weighted by molar-refractivity contribution is 6.08. The average molecular weight is 507 g/mol. The minimum atomic E-state index is -0.684. The largest absolute Gasteiger partial charge is 0.388 e. The van der Waals surface area contributed by atoms with Gasteiger partial charge in [-0.25, -0.2) is 0 Å². The zero-order valence-corrected chi connectivity index (χ0v) is 22.0. The lowest BCUT2D eigenvalue weighted by atomic mass is 10.2. The lowest BCUT2D eigenvalue weighted by Gasteiger charge is -2.23. The molecule has 0 amide bonds. The lowest BCUT2D eigenvalue weighted by molar-refractivity contribution is -0.0614. The molecule has 0 saturated carbocycles. The van der Waals surface area contributed by atoms with Gasteiger partial charge in [-0.2, -0.15) is 0 Å². The van der Waals surface area contributed by atoms with Crippen molar-refractivity contribution in [2.24, 2.45) is 0 Å². The van der Waals surface area contributed by atoms with Crippen LogP contribution in [0.1, 0.15) is 13.8 Å². The molecule has 6 rings (SSSR count). The van der Waals surface area contributed by atoms with Crippen LogP contribution >= 0.6 is 0 Å². The van der Waals surface area contributed by atoms with E-state index in [-0.39, 0.29) is 25.4 Å². The number of benzene rings is 4. The molecule has 38 heavy (non-hydrogen) atoms. The van der Waals surface area contributed by atoms with E-state index in [0.29, 0.717) is 13.1 Å². The molecule has 0 spiro atoms. The second-order valence-electron chi connectivity index (χ2n) is 10.3. The van der Waals surface area contributed by atoms with Crippen LogP contribution in [0, 0.1) is 0 Å². The van der Waals surface area contributed by atoms with Crippen LogP contribution in [0.25, 0.3) is 43.6 Å². The molecular weight excluding hydrogens is 472 g/mol. The van der Waals surface area contributed by atoms with Gasteiger partial charge in [0.05, 0.1) is 38.5 Å². The summed E-state index contributed by atoms with van der Waals surface area (Å²) >= 11 is 0. The van der Waals surface area contributed by atoms with E-state index < -0.39 is 6.10 Å². The number of hydrogen-bond donors (Lipinski definition) is 1. The zero-order chi connectivity index (χ0) is 26.1. The van der Waals surface area contributed by atoms with E-state index in [9.17, 15) is 5.11 Å². The van der Waals surface area contributed by atoms with E-state index in [1.807, 2.05) is 13.8 Å². The maximum absolute atomic E-state index is 10.6. The Bertz CT molecular complexity index is 1470. The smallest absolute Gasteiger partial charge is 0.101 e. The first-order valence-corrected chi connectivity index (χ1v) is 13.4. The molecule has 0 bridgehead atoms. The van der Waals surface area contributed by atoms with Crippen molar-refractivity contribution in [3.8, 4) is 0 Å². The maximum Gasteiger partial charge on any atom is 0.101 e. The van der Waals surface area contributed by atoms with Crippen molar-refractivity contribution in [3.05, 3.63) is 97.1 Å². The molecule has 0 aliphatic carbocycles. The van der Waals surface area contributed by atoms with Crippen LogP contribution in [0.4, 0.5) is 0 Å². The number of nitrogens with zero attached hydrogens (tertiary/aromatic N) is 2. The Morgan fingerprint density at radius 1 is 0.553 bits per heavy atom. The fraction of sp³-hybridized carbons (Fsp3) is 0.273. The second-order valence-corrected chi connectivity index (χ2v) is 10.3. The van der Waals surface area contributed by atoms with E-state index in [0.717, 1.165) is 0 Å². The lowest BCUT2D eigenvalue weighted by Crippen LogP contribution is -2.31. The topological polar surface area (TPSA) is 48.5 Å². The predicted molar refractivity (Wildman–Crippen MR) is 156 cm³/mol. The van der Waals surface area contributed by atoms with Crippen LogP contribution in [0.2, 0.25) is 0 Å².